The van der Waals surface area contributed by atoms with Crippen LogP contribution < -0.4 is 15.1 Å². The number of nitrogens with zero attached hydrogens (tertiary/aromatic N) is 2. The minimum Gasteiger partial charge on any atom is -0.371 e. The minimum absolute atomic E-state index is 0.0653. The Morgan fingerprint density at radius 3 is 1.60 bits per heavy atom. The highest BCUT2D eigenvalue weighted by Crippen LogP contribution is 2.33. The summed E-state index contributed by atoms with van der Waals surface area (Å²) in [6, 6.07) is 10.4. The SMILES string of the molecule is O=C1CCN(c2cccc(C(F)(F)F)c2)CC1.O=C1CCN(c2cccc(C(F)(F)F)c2)CCN1. The Bertz CT molecular complexity index is 1030. The number of rotatable bonds is 2. The number of hydrogen-bond acceptors (Lipinski definition) is 4. The first kappa shape index (κ1) is 26.4. The van der Waals surface area contributed by atoms with E-state index in [9.17, 15) is 35.9 Å². The Balaban J connectivity index is 0.000000196. The third kappa shape index (κ3) is 7.63. The van der Waals surface area contributed by atoms with Crippen LogP contribution in [0.4, 0.5) is 37.7 Å². The zero-order valence-electron chi connectivity index (χ0n) is 18.8. The molecule has 0 radical (unpaired) electrons. The smallest absolute Gasteiger partial charge is 0.371 e. The third-order valence-corrected chi connectivity index (χ3v) is 5.71. The molecule has 1 amide bonds. The number of nitrogens with one attached hydrogen (secondary N) is 1. The van der Waals surface area contributed by atoms with Crippen molar-refractivity contribution in [1.82, 2.24) is 5.32 Å². The molecule has 0 spiro atoms. The summed E-state index contributed by atoms with van der Waals surface area (Å²) >= 11 is 0. The molecule has 190 valence electrons. The van der Waals surface area contributed by atoms with Gasteiger partial charge in [0.05, 0.1) is 11.1 Å². The normalized spacial score (nSPS) is 17.3. The van der Waals surface area contributed by atoms with E-state index in [1.165, 1.54) is 12.1 Å². The van der Waals surface area contributed by atoms with E-state index in [1.807, 2.05) is 4.90 Å². The molecule has 35 heavy (non-hydrogen) atoms. The molecule has 11 heteroatoms. The van der Waals surface area contributed by atoms with Crippen molar-refractivity contribution in [3.63, 3.8) is 0 Å². The van der Waals surface area contributed by atoms with Gasteiger partial charge in [0.2, 0.25) is 5.91 Å². The van der Waals surface area contributed by atoms with Crippen LogP contribution in [0.3, 0.4) is 0 Å². The Morgan fingerprint density at radius 1 is 0.657 bits per heavy atom. The lowest BCUT2D eigenvalue weighted by molar-refractivity contribution is -0.138. The monoisotopic (exact) mass is 501 g/mol. The maximum Gasteiger partial charge on any atom is 0.416 e. The summed E-state index contributed by atoms with van der Waals surface area (Å²) in [4.78, 5) is 25.8. The van der Waals surface area contributed by atoms with Crippen LogP contribution in [-0.4, -0.2) is 44.4 Å². The molecular formula is C24H25F6N3O2. The molecule has 2 heterocycles. The van der Waals surface area contributed by atoms with Crippen LogP contribution in [0.25, 0.3) is 0 Å². The number of Topliss-reactive ketones (excluding diaryl/α,β-unsaturated/α-hetero) is 1. The fourth-order valence-corrected chi connectivity index (χ4v) is 3.80. The number of carbonyl (C=O) groups is 2. The van der Waals surface area contributed by atoms with Crippen LogP contribution in [0, 0.1) is 0 Å². The van der Waals surface area contributed by atoms with E-state index < -0.39 is 23.5 Å². The Kier molecular flexibility index (Phi) is 8.29. The highest BCUT2D eigenvalue weighted by molar-refractivity contribution is 5.81. The average molecular weight is 501 g/mol. The molecule has 2 aromatic rings. The molecule has 2 aliphatic heterocycles. The molecule has 2 aliphatic rings. The molecule has 0 saturated carbocycles. The second-order valence-electron chi connectivity index (χ2n) is 8.21. The van der Waals surface area contributed by atoms with E-state index in [1.54, 1.807) is 17.0 Å². The molecule has 0 bridgehead atoms. The van der Waals surface area contributed by atoms with Crippen LogP contribution in [0.15, 0.2) is 48.5 Å². The third-order valence-electron chi connectivity index (χ3n) is 5.71. The number of ketones is 1. The number of hydrogen-bond donors (Lipinski definition) is 1. The molecule has 2 aromatic carbocycles. The number of piperidine rings is 1. The highest BCUT2D eigenvalue weighted by atomic mass is 19.4. The van der Waals surface area contributed by atoms with Crippen molar-refractivity contribution in [1.29, 1.82) is 0 Å². The molecule has 4 rings (SSSR count). The second-order valence-corrected chi connectivity index (χ2v) is 8.21. The predicted octanol–water partition coefficient (Wildman–Crippen LogP) is 4.91. The maximum absolute atomic E-state index is 12.6. The summed E-state index contributed by atoms with van der Waals surface area (Å²) in [5.74, 6) is 0.109. The number of halogens is 6. The largest absolute Gasteiger partial charge is 0.416 e. The van der Waals surface area contributed by atoms with Gasteiger partial charge in [0, 0.05) is 63.4 Å². The zero-order chi connectivity index (χ0) is 25.6. The van der Waals surface area contributed by atoms with Crippen molar-refractivity contribution in [3.8, 4) is 0 Å². The molecule has 0 atom stereocenters. The Labute approximate surface area is 198 Å². The lowest BCUT2D eigenvalue weighted by atomic mass is 10.1. The summed E-state index contributed by atoms with van der Waals surface area (Å²) in [5, 5.41) is 2.69. The second kappa shape index (κ2) is 11.0. The van der Waals surface area contributed by atoms with Gasteiger partial charge < -0.3 is 15.1 Å². The van der Waals surface area contributed by atoms with Gasteiger partial charge in [0.15, 0.2) is 0 Å². The van der Waals surface area contributed by atoms with E-state index in [0.717, 1.165) is 24.3 Å². The predicted molar refractivity (Wildman–Crippen MR) is 119 cm³/mol. The molecular weight excluding hydrogens is 476 g/mol. The number of anilines is 2. The minimum atomic E-state index is -4.34. The Hall–Kier alpha value is -3.24. The summed E-state index contributed by atoms with van der Waals surface area (Å²) in [7, 11) is 0. The summed E-state index contributed by atoms with van der Waals surface area (Å²) in [6.07, 6.45) is -7.53. The fraction of sp³-hybridized carbons (Fsp3) is 0.417. The van der Waals surface area contributed by atoms with E-state index in [2.05, 4.69) is 5.32 Å². The van der Waals surface area contributed by atoms with Gasteiger partial charge in [0.25, 0.3) is 0 Å². The summed E-state index contributed by atoms with van der Waals surface area (Å²) < 4.78 is 75.4. The van der Waals surface area contributed by atoms with Crippen LogP contribution in [0.1, 0.15) is 30.4 Å². The van der Waals surface area contributed by atoms with Crippen molar-refractivity contribution >= 4 is 23.1 Å². The number of amides is 1. The van der Waals surface area contributed by atoms with Gasteiger partial charge in [-0.3, -0.25) is 9.59 Å². The molecule has 5 nitrogen and oxygen atoms in total. The lowest BCUT2D eigenvalue weighted by Crippen LogP contribution is -2.33. The van der Waals surface area contributed by atoms with Crippen molar-refractivity contribution < 1.29 is 35.9 Å². The Morgan fingerprint density at radius 2 is 1.11 bits per heavy atom. The molecule has 1 N–H and O–H groups in total. The first-order valence-corrected chi connectivity index (χ1v) is 11.1. The first-order valence-electron chi connectivity index (χ1n) is 11.1. The molecule has 0 unspecified atom stereocenters. The van der Waals surface area contributed by atoms with Gasteiger partial charge in [-0.15, -0.1) is 0 Å². The van der Waals surface area contributed by atoms with Gasteiger partial charge in [-0.2, -0.15) is 26.3 Å². The van der Waals surface area contributed by atoms with Gasteiger partial charge in [-0.25, -0.2) is 0 Å². The maximum atomic E-state index is 12.6. The van der Waals surface area contributed by atoms with Crippen LogP contribution in [0.5, 0.6) is 0 Å². The average Bonchev–Trinajstić information content (AvgIpc) is 3.03. The molecule has 0 aliphatic carbocycles. The lowest BCUT2D eigenvalue weighted by Gasteiger charge is -2.28. The van der Waals surface area contributed by atoms with Gasteiger partial charge >= 0.3 is 12.4 Å². The fourth-order valence-electron chi connectivity index (χ4n) is 3.80. The summed E-state index contributed by atoms with van der Waals surface area (Å²) in [5.41, 5.74) is -0.274. The number of alkyl halides is 6. The van der Waals surface area contributed by atoms with Crippen LogP contribution in [-0.2, 0) is 21.9 Å². The molecule has 2 saturated heterocycles. The number of benzene rings is 2. The van der Waals surface area contributed by atoms with Gasteiger partial charge in [-0.1, -0.05) is 12.1 Å². The first-order chi connectivity index (χ1) is 16.4. The van der Waals surface area contributed by atoms with Crippen LogP contribution >= 0.6 is 0 Å². The highest BCUT2D eigenvalue weighted by Gasteiger charge is 2.32. The van der Waals surface area contributed by atoms with Gasteiger partial charge in [-0.05, 0) is 36.4 Å². The molecule has 0 aromatic heterocycles. The zero-order valence-corrected chi connectivity index (χ0v) is 18.8. The standard InChI is InChI=1S/C12H13F3N2O.C12H12F3NO/c13-12(14,15)9-2-1-3-10(8-9)17-6-4-11(18)16-5-7-17;13-12(14,15)9-2-1-3-10(8-9)16-6-4-11(17)5-7-16/h1-3,8H,4-7H2,(H,16,18);1-3,8H,4-7H2. The van der Waals surface area contributed by atoms with Crippen LogP contribution in [0.2, 0.25) is 0 Å². The van der Waals surface area contributed by atoms with Crippen molar-refractivity contribution in [2.45, 2.75) is 31.6 Å². The van der Waals surface area contributed by atoms with Gasteiger partial charge in [0.1, 0.15) is 5.78 Å². The van der Waals surface area contributed by atoms with E-state index in [4.69, 9.17) is 0 Å². The van der Waals surface area contributed by atoms with Crippen molar-refractivity contribution in [2.75, 3.05) is 42.5 Å². The summed E-state index contributed by atoms with van der Waals surface area (Å²) in [6.45, 7) is 2.41. The van der Waals surface area contributed by atoms with Crippen molar-refractivity contribution in [2.24, 2.45) is 0 Å². The van der Waals surface area contributed by atoms with E-state index in [0.29, 0.717) is 63.4 Å². The van der Waals surface area contributed by atoms with Crippen molar-refractivity contribution in [3.05, 3.63) is 59.7 Å². The topological polar surface area (TPSA) is 52.7 Å². The van der Waals surface area contributed by atoms with E-state index >= 15 is 0 Å². The van der Waals surface area contributed by atoms with E-state index in [-0.39, 0.29) is 11.7 Å². The quantitative estimate of drug-likeness (QED) is 0.595. The number of carbonyl (C=O) groups excluding carboxylic acids is 2. The molecule has 2 fully saturated rings.